The molecule has 2 aromatic rings. The summed E-state index contributed by atoms with van der Waals surface area (Å²) in [5.41, 5.74) is 1.47. The summed E-state index contributed by atoms with van der Waals surface area (Å²) in [5.74, 6) is 0.151. The predicted molar refractivity (Wildman–Crippen MR) is 88.9 cm³/mol. The number of carbonyl (C=O) groups excluding carboxylic acids is 2. The van der Waals surface area contributed by atoms with Crippen molar-refractivity contribution < 1.29 is 14.3 Å². The van der Waals surface area contributed by atoms with E-state index in [4.69, 9.17) is 4.74 Å². The third-order valence-electron chi connectivity index (χ3n) is 2.95. The van der Waals surface area contributed by atoms with Gasteiger partial charge in [0.2, 0.25) is 0 Å². The van der Waals surface area contributed by atoms with E-state index in [1.807, 2.05) is 25.1 Å². The molecule has 4 nitrogen and oxygen atoms in total. The molecule has 1 N–H and O–H groups in total. The number of Topliss-reactive ketones (excluding diaryl/α,β-unsaturated/α-hetero) is 1. The summed E-state index contributed by atoms with van der Waals surface area (Å²) < 4.78 is 4.96. The molecule has 5 heteroatoms. The molecular weight excluding hydrogens is 302 g/mol. The van der Waals surface area contributed by atoms with E-state index < -0.39 is 0 Å². The molecule has 0 amide bonds. The maximum atomic E-state index is 12.2. The number of hydrogen-bond acceptors (Lipinski definition) is 4. The summed E-state index contributed by atoms with van der Waals surface area (Å²) in [6.07, 6.45) is 0. The Bertz CT molecular complexity index is 626. The number of hydrogen-bond donors (Lipinski definition) is 1. The lowest BCUT2D eigenvalue weighted by Crippen LogP contribution is -2.26. The van der Waals surface area contributed by atoms with Crippen molar-refractivity contribution in [1.82, 2.24) is 0 Å². The third kappa shape index (κ3) is 4.90. The van der Waals surface area contributed by atoms with Crippen LogP contribution in [0, 0.1) is 0 Å². The van der Waals surface area contributed by atoms with Crippen LogP contribution in [0.1, 0.15) is 24.2 Å². The van der Waals surface area contributed by atoms with E-state index >= 15 is 0 Å². The zero-order chi connectivity index (χ0) is 15.2. The first kappa shape index (κ1) is 17.7. The van der Waals surface area contributed by atoms with Crippen LogP contribution in [0.25, 0.3) is 0 Å². The topological polar surface area (TPSA) is 55.4 Å². The molecule has 0 radical (unpaired) electrons. The second-order valence-electron chi connectivity index (χ2n) is 4.71. The van der Waals surface area contributed by atoms with Crippen molar-refractivity contribution in [2.24, 2.45) is 0 Å². The standard InChI is InChI=1S/C17H17NO3.ClH/c1-12(17(20)14-6-4-3-5-7-14)18-15-8-10-16(11-9-15)21-13(2)19;/h3-12,18H,1-2H3;1H. The van der Waals surface area contributed by atoms with Gasteiger partial charge in [0.15, 0.2) is 5.78 Å². The second kappa shape index (κ2) is 8.20. The fraction of sp³-hybridized carbons (Fsp3) is 0.176. The molecule has 1 unspecified atom stereocenters. The molecule has 22 heavy (non-hydrogen) atoms. The number of benzene rings is 2. The van der Waals surface area contributed by atoms with Crippen molar-refractivity contribution in [3.63, 3.8) is 0 Å². The lowest BCUT2D eigenvalue weighted by Gasteiger charge is -2.14. The minimum atomic E-state index is -0.358. The first-order valence-corrected chi connectivity index (χ1v) is 6.70. The molecule has 2 rings (SSSR count). The molecule has 116 valence electrons. The number of rotatable bonds is 5. The van der Waals surface area contributed by atoms with Gasteiger partial charge in [-0.1, -0.05) is 30.3 Å². The molecule has 0 saturated heterocycles. The summed E-state index contributed by atoms with van der Waals surface area (Å²) in [6, 6.07) is 15.7. The molecule has 0 heterocycles. The Morgan fingerprint density at radius 2 is 1.59 bits per heavy atom. The van der Waals surface area contributed by atoms with Crippen molar-refractivity contribution >= 4 is 29.8 Å². The van der Waals surface area contributed by atoms with Gasteiger partial charge >= 0.3 is 5.97 Å². The fourth-order valence-electron chi connectivity index (χ4n) is 1.95. The van der Waals surface area contributed by atoms with Crippen molar-refractivity contribution in [2.45, 2.75) is 19.9 Å². The zero-order valence-corrected chi connectivity index (χ0v) is 13.2. The van der Waals surface area contributed by atoms with E-state index in [0.29, 0.717) is 11.3 Å². The summed E-state index contributed by atoms with van der Waals surface area (Å²) in [6.45, 7) is 3.17. The Labute approximate surface area is 135 Å². The van der Waals surface area contributed by atoms with Crippen molar-refractivity contribution in [3.05, 3.63) is 60.2 Å². The molecule has 0 bridgehead atoms. The maximum Gasteiger partial charge on any atom is 0.308 e. The predicted octanol–water partition coefficient (Wildman–Crippen LogP) is 3.72. The highest BCUT2D eigenvalue weighted by atomic mass is 35.5. The van der Waals surface area contributed by atoms with E-state index in [9.17, 15) is 9.59 Å². The summed E-state index contributed by atoms with van der Waals surface area (Å²) in [5, 5.41) is 3.13. The van der Waals surface area contributed by atoms with Gasteiger partial charge in [0.05, 0.1) is 6.04 Å². The average Bonchev–Trinajstić information content (AvgIpc) is 2.49. The molecular formula is C17H18ClNO3. The zero-order valence-electron chi connectivity index (χ0n) is 12.4. The van der Waals surface area contributed by atoms with Gasteiger partial charge in [0.1, 0.15) is 5.75 Å². The van der Waals surface area contributed by atoms with Crippen molar-refractivity contribution in [1.29, 1.82) is 0 Å². The number of nitrogens with one attached hydrogen (secondary N) is 1. The molecule has 1 atom stereocenters. The molecule has 0 aromatic heterocycles. The minimum absolute atomic E-state index is 0. The van der Waals surface area contributed by atoms with E-state index in [-0.39, 0.29) is 30.2 Å². The van der Waals surface area contributed by atoms with Gasteiger partial charge in [0, 0.05) is 18.2 Å². The molecule has 0 fully saturated rings. The number of esters is 1. The molecule has 0 aliphatic heterocycles. The van der Waals surface area contributed by atoms with E-state index in [1.165, 1.54) is 6.92 Å². The average molecular weight is 320 g/mol. The van der Waals surface area contributed by atoms with Crippen LogP contribution in [-0.4, -0.2) is 17.8 Å². The SMILES string of the molecule is CC(=O)Oc1ccc(NC(C)C(=O)c2ccccc2)cc1.Cl. The van der Waals surface area contributed by atoms with Crippen molar-refractivity contribution in [3.8, 4) is 5.75 Å². The number of ether oxygens (including phenoxy) is 1. The van der Waals surface area contributed by atoms with E-state index in [2.05, 4.69) is 5.32 Å². The van der Waals surface area contributed by atoms with Gasteiger partial charge in [-0.15, -0.1) is 12.4 Å². The van der Waals surface area contributed by atoms with Gasteiger partial charge in [-0.3, -0.25) is 9.59 Å². The smallest absolute Gasteiger partial charge is 0.308 e. The number of halogens is 1. The molecule has 0 spiro atoms. The van der Waals surface area contributed by atoms with Crippen LogP contribution < -0.4 is 10.1 Å². The second-order valence-corrected chi connectivity index (χ2v) is 4.71. The lowest BCUT2D eigenvalue weighted by molar-refractivity contribution is -0.131. The molecule has 2 aromatic carbocycles. The van der Waals surface area contributed by atoms with Crippen LogP contribution in [-0.2, 0) is 4.79 Å². The molecule has 0 saturated carbocycles. The Morgan fingerprint density at radius 3 is 2.14 bits per heavy atom. The normalized spacial score (nSPS) is 11.0. The molecule has 0 aliphatic rings. The van der Waals surface area contributed by atoms with Gasteiger partial charge in [-0.2, -0.15) is 0 Å². The highest BCUT2D eigenvalue weighted by molar-refractivity contribution is 6.01. The Hall–Kier alpha value is -2.33. The number of anilines is 1. The monoisotopic (exact) mass is 319 g/mol. The van der Waals surface area contributed by atoms with Crippen LogP contribution in [0.15, 0.2) is 54.6 Å². The number of carbonyl (C=O) groups is 2. The van der Waals surface area contributed by atoms with E-state index in [0.717, 1.165) is 5.69 Å². The third-order valence-corrected chi connectivity index (χ3v) is 2.95. The van der Waals surface area contributed by atoms with Gasteiger partial charge in [-0.05, 0) is 31.2 Å². The van der Waals surface area contributed by atoms with Crippen molar-refractivity contribution in [2.75, 3.05) is 5.32 Å². The van der Waals surface area contributed by atoms with Gasteiger partial charge in [-0.25, -0.2) is 0 Å². The maximum absolute atomic E-state index is 12.2. The van der Waals surface area contributed by atoms with Crippen LogP contribution in [0.3, 0.4) is 0 Å². The fourth-order valence-corrected chi connectivity index (χ4v) is 1.95. The van der Waals surface area contributed by atoms with E-state index in [1.54, 1.807) is 36.4 Å². The first-order valence-electron chi connectivity index (χ1n) is 6.70. The Morgan fingerprint density at radius 1 is 1.00 bits per heavy atom. The van der Waals surface area contributed by atoms with Crippen LogP contribution in [0.2, 0.25) is 0 Å². The lowest BCUT2D eigenvalue weighted by atomic mass is 10.1. The van der Waals surface area contributed by atoms with Gasteiger partial charge in [0.25, 0.3) is 0 Å². The van der Waals surface area contributed by atoms with Crippen LogP contribution in [0.5, 0.6) is 5.75 Å². The van der Waals surface area contributed by atoms with Crippen LogP contribution in [0.4, 0.5) is 5.69 Å². The highest BCUT2D eigenvalue weighted by Crippen LogP contribution is 2.17. The summed E-state index contributed by atoms with van der Waals surface area (Å²) in [4.78, 5) is 23.1. The van der Waals surface area contributed by atoms with Gasteiger partial charge < -0.3 is 10.1 Å². The highest BCUT2D eigenvalue weighted by Gasteiger charge is 2.14. The largest absolute Gasteiger partial charge is 0.427 e. The number of ketones is 1. The minimum Gasteiger partial charge on any atom is -0.427 e. The molecule has 0 aliphatic carbocycles. The first-order chi connectivity index (χ1) is 10.1. The quantitative estimate of drug-likeness (QED) is 0.518. The summed E-state index contributed by atoms with van der Waals surface area (Å²) in [7, 11) is 0. The Balaban J connectivity index is 0.00000242. The van der Waals surface area contributed by atoms with Crippen LogP contribution >= 0.6 is 12.4 Å². The Kier molecular flexibility index (Phi) is 6.60. The summed E-state index contributed by atoms with van der Waals surface area (Å²) >= 11 is 0.